The number of rotatable bonds is 6. The van der Waals surface area contributed by atoms with Gasteiger partial charge in [0.1, 0.15) is 22.4 Å². The minimum atomic E-state index is -3.90. The molecule has 0 saturated heterocycles. The van der Waals surface area contributed by atoms with Crippen LogP contribution in [0.5, 0.6) is 5.75 Å². The molecule has 178 valence electrons. The lowest BCUT2D eigenvalue weighted by atomic mass is 10.0. The number of likely N-dealkylation sites (N-methyl/N-ethyl adjacent to an activating group) is 1. The maximum Gasteiger partial charge on any atom is 0.273 e. The van der Waals surface area contributed by atoms with E-state index in [1.54, 1.807) is 26.1 Å². The summed E-state index contributed by atoms with van der Waals surface area (Å²) in [5.74, 6) is -0.362. The molecule has 3 atom stereocenters. The molecule has 0 spiro atoms. The number of carbonyl (C=O) groups is 1. The maximum absolute atomic E-state index is 13.5. The first kappa shape index (κ1) is 24.8. The van der Waals surface area contributed by atoms with Gasteiger partial charge in [-0.15, -0.1) is 0 Å². The quantitative estimate of drug-likeness (QED) is 0.682. The number of hydrogen-bond acceptors (Lipinski definition) is 7. The molecule has 2 aromatic rings. The number of carbonyl (C=O) groups excluding carboxylic acids is 1. The molecule has 10 heteroatoms. The van der Waals surface area contributed by atoms with Crippen molar-refractivity contribution in [3.8, 4) is 5.75 Å². The van der Waals surface area contributed by atoms with E-state index < -0.39 is 22.2 Å². The first-order valence-electron chi connectivity index (χ1n) is 10.8. The van der Waals surface area contributed by atoms with Crippen LogP contribution in [0.4, 0.5) is 0 Å². The molecule has 3 rings (SSSR count). The van der Waals surface area contributed by atoms with Crippen molar-refractivity contribution in [3.05, 3.63) is 54.1 Å². The van der Waals surface area contributed by atoms with E-state index in [4.69, 9.17) is 4.74 Å². The first-order chi connectivity index (χ1) is 15.7. The first-order valence-corrected chi connectivity index (χ1v) is 12.2. The van der Waals surface area contributed by atoms with Crippen LogP contribution in [0.3, 0.4) is 0 Å². The Labute approximate surface area is 194 Å². The Morgan fingerprint density at radius 3 is 2.79 bits per heavy atom. The SMILES string of the molecule is C/C=C/c1ccc2c(c1)O[C@@H](CN(C)C(=O)c1cnccn1)[C@@H](C)CN([C@H](C)CO)S2(=O)=O. The molecular formula is C23H30N4O5S. The molecule has 9 nitrogen and oxygen atoms in total. The summed E-state index contributed by atoms with van der Waals surface area (Å²) in [6, 6.07) is 4.31. The Morgan fingerprint density at radius 2 is 2.15 bits per heavy atom. The van der Waals surface area contributed by atoms with Crippen molar-refractivity contribution < 1.29 is 23.1 Å². The number of hydrogen-bond donors (Lipinski definition) is 1. The predicted octanol–water partition coefficient (Wildman–Crippen LogP) is 2.05. The fourth-order valence-electron chi connectivity index (χ4n) is 3.71. The highest BCUT2D eigenvalue weighted by atomic mass is 32.2. The van der Waals surface area contributed by atoms with Crippen molar-refractivity contribution in [1.82, 2.24) is 19.2 Å². The van der Waals surface area contributed by atoms with Gasteiger partial charge in [-0.3, -0.25) is 9.78 Å². The zero-order chi connectivity index (χ0) is 24.2. The number of aromatic nitrogens is 2. The molecule has 1 aromatic heterocycles. The number of amides is 1. The minimum Gasteiger partial charge on any atom is -0.487 e. The molecule has 1 N–H and O–H groups in total. The van der Waals surface area contributed by atoms with Crippen molar-refractivity contribution in [3.63, 3.8) is 0 Å². The maximum atomic E-state index is 13.5. The van der Waals surface area contributed by atoms with Crippen LogP contribution in [-0.4, -0.2) is 77.5 Å². The van der Waals surface area contributed by atoms with Crippen LogP contribution >= 0.6 is 0 Å². The van der Waals surface area contributed by atoms with E-state index in [-0.39, 0.29) is 47.9 Å². The molecule has 1 amide bonds. The summed E-state index contributed by atoms with van der Waals surface area (Å²) >= 11 is 0. The lowest BCUT2D eigenvalue weighted by molar-refractivity contribution is 0.0559. The van der Waals surface area contributed by atoms with E-state index in [2.05, 4.69) is 9.97 Å². The molecule has 33 heavy (non-hydrogen) atoms. The largest absolute Gasteiger partial charge is 0.487 e. The van der Waals surface area contributed by atoms with Crippen LogP contribution in [0.15, 0.2) is 47.8 Å². The van der Waals surface area contributed by atoms with E-state index in [9.17, 15) is 18.3 Å². The van der Waals surface area contributed by atoms with Crippen molar-refractivity contribution >= 4 is 22.0 Å². The third kappa shape index (κ3) is 5.40. The molecule has 0 fully saturated rings. The molecule has 0 unspecified atom stereocenters. The third-order valence-corrected chi connectivity index (χ3v) is 7.65. The smallest absolute Gasteiger partial charge is 0.273 e. The average molecular weight is 475 g/mol. The van der Waals surface area contributed by atoms with E-state index in [1.807, 2.05) is 26.0 Å². The summed E-state index contributed by atoms with van der Waals surface area (Å²) in [6.45, 7) is 5.45. The minimum absolute atomic E-state index is 0.0378. The average Bonchev–Trinajstić information content (AvgIpc) is 2.81. The van der Waals surface area contributed by atoms with Crippen LogP contribution < -0.4 is 4.74 Å². The van der Waals surface area contributed by atoms with Gasteiger partial charge in [-0.1, -0.05) is 25.1 Å². The van der Waals surface area contributed by atoms with Gasteiger partial charge in [0.2, 0.25) is 10.0 Å². The lowest BCUT2D eigenvalue weighted by Crippen LogP contribution is -2.50. The Kier molecular flexibility index (Phi) is 7.83. The van der Waals surface area contributed by atoms with Gasteiger partial charge in [-0.05, 0) is 31.5 Å². The fourth-order valence-corrected chi connectivity index (χ4v) is 5.54. The zero-order valence-electron chi connectivity index (χ0n) is 19.2. The van der Waals surface area contributed by atoms with Crippen LogP contribution in [0.25, 0.3) is 6.08 Å². The van der Waals surface area contributed by atoms with E-state index in [1.165, 1.54) is 33.9 Å². The second-order valence-corrected chi connectivity index (χ2v) is 10.1. The van der Waals surface area contributed by atoms with Gasteiger partial charge in [0.05, 0.1) is 19.3 Å². The highest BCUT2D eigenvalue weighted by Gasteiger charge is 2.38. The molecule has 2 heterocycles. The monoisotopic (exact) mass is 474 g/mol. The van der Waals surface area contributed by atoms with Crippen molar-refractivity contribution in [2.75, 3.05) is 26.7 Å². The lowest BCUT2D eigenvalue weighted by Gasteiger charge is -2.37. The number of aliphatic hydroxyl groups excluding tert-OH is 1. The van der Waals surface area contributed by atoms with E-state index >= 15 is 0 Å². The Morgan fingerprint density at radius 1 is 1.39 bits per heavy atom. The molecule has 1 aliphatic heterocycles. The van der Waals surface area contributed by atoms with Crippen LogP contribution in [0.1, 0.15) is 36.8 Å². The van der Waals surface area contributed by atoms with E-state index in [0.29, 0.717) is 0 Å². The Bertz CT molecular complexity index is 1110. The highest BCUT2D eigenvalue weighted by molar-refractivity contribution is 7.89. The number of benzene rings is 1. The Balaban J connectivity index is 2.01. The molecule has 0 bridgehead atoms. The molecule has 0 radical (unpaired) electrons. The summed E-state index contributed by atoms with van der Waals surface area (Å²) in [7, 11) is -2.26. The molecule has 1 aromatic carbocycles. The van der Waals surface area contributed by atoms with Gasteiger partial charge < -0.3 is 14.7 Å². The standard InChI is InChI=1S/C23H30N4O5S/c1-5-6-18-7-8-22-20(11-18)32-21(14-26(4)23(29)19-12-24-9-10-25-19)16(2)13-27(17(3)15-28)33(22,30)31/h5-12,16-17,21,28H,13-15H2,1-4H3/b6-5+/t16-,17+,21-/m0/s1. The number of ether oxygens (including phenoxy) is 1. The summed E-state index contributed by atoms with van der Waals surface area (Å²) < 4.78 is 34.5. The van der Waals surface area contributed by atoms with Crippen molar-refractivity contribution in [2.24, 2.45) is 5.92 Å². The van der Waals surface area contributed by atoms with Crippen LogP contribution in [-0.2, 0) is 10.0 Å². The predicted molar refractivity (Wildman–Crippen MR) is 124 cm³/mol. The van der Waals surface area contributed by atoms with E-state index in [0.717, 1.165) is 5.56 Å². The summed E-state index contributed by atoms with van der Waals surface area (Å²) in [5, 5.41) is 9.73. The highest BCUT2D eigenvalue weighted by Crippen LogP contribution is 2.34. The van der Waals surface area contributed by atoms with Gasteiger partial charge in [-0.25, -0.2) is 13.4 Å². The Hall–Kier alpha value is -2.82. The summed E-state index contributed by atoms with van der Waals surface area (Å²) in [5.41, 5.74) is 1.01. The zero-order valence-corrected chi connectivity index (χ0v) is 20.1. The van der Waals surface area contributed by atoms with Gasteiger partial charge in [0.25, 0.3) is 5.91 Å². The molecule has 0 saturated carbocycles. The van der Waals surface area contributed by atoms with Gasteiger partial charge in [-0.2, -0.15) is 4.31 Å². The number of nitrogens with zero attached hydrogens (tertiary/aromatic N) is 4. The topological polar surface area (TPSA) is 113 Å². The normalized spacial score (nSPS) is 21.5. The molecular weight excluding hydrogens is 444 g/mol. The van der Waals surface area contributed by atoms with Gasteiger partial charge in [0, 0.05) is 37.9 Å². The van der Waals surface area contributed by atoms with Crippen LogP contribution in [0.2, 0.25) is 0 Å². The fraction of sp³-hybridized carbons (Fsp3) is 0.435. The van der Waals surface area contributed by atoms with Crippen molar-refractivity contribution in [2.45, 2.75) is 37.8 Å². The van der Waals surface area contributed by atoms with Crippen LogP contribution in [0, 0.1) is 5.92 Å². The molecule has 0 aliphatic carbocycles. The summed E-state index contributed by atoms with van der Waals surface area (Å²) in [4.78, 5) is 22.3. The number of sulfonamides is 1. The van der Waals surface area contributed by atoms with Gasteiger partial charge in [0.15, 0.2) is 0 Å². The van der Waals surface area contributed by atoms with Crippen molar-refractivity contribution in [1.29, 1.82) is 0 Å². The third-order valence-electron chi connectivity index (χ3n) is 5.63. The second kappa shape index (κ2) is 10.4. The van der Waals surface area contributed by atoms with Gasteiger partial charge >= 0.3 is 0 Å². The second-order valence-electron chi connectivity index (χ2n) is 8.22. The molecule has 1 aliphatic rings. The summed E-state index contributed by atoms with van der Waals surface area (Å²) in [6.07, 6.45) is 7.55. The number of aliphatic hydroxyl groups is 1. The number of allylic oxidation sites excluding steroid dienone is 1. The number of fused-ring (bicyclic) bond motifs is 1.